The molecule has 1 amide bonds. The quantitative estimate of drug-likeness (QED) is 0.664. The summed E-state index contributed by atoms with van der Waals surface area (Å²) in [5.74, 6) is -2.51. The van der Waals surface area contributed by atoms with Crippen LogP contribution in [0.15, 0.2) is 29.1 Å². The van der Waals surface area contributed by atoms with E-state index in [1.165, 1.54) is 15.5 Å². The molecule has 31 heavy (non-hydrogen) atoms. The van der Waals surface area contributed by atoms with Crippen LogP contribution in [-0.2, 0) is 22.7 Å². The summed E-state index contributed by atoms with van der Waals surface area (Å²) in [6, 6.07) is 4.91. The first-order chi connectivity index (χ1) is 14.7. The Kier molecular flexibility index (Phi) is 5.47. The zero-order valence-corrected chi connectivity index (χ0v) is 17.2. The van der Waals surface area contributed by atoms with E-state index in [-0.39, 0.29) is 24.4 Å². The number of aromatic nitrogens is 2. The van der Waals surface area contributed by atoms with Crippen molar-refractivity contribution in [2.45, 2.75) is 33.0 Å². The number of rotatable bonds is 5. The fraction of sp³-hybridized carbons (Fsp3) is 0.429. The Labute approximate surface area is 177 Å². The normalized spacial score (nSPS) is 17.5. The third-order valence-corrected chi connectivity index (χ3v) is 5.53. The van der Waals surface area contributed by atoms with Crippen LogP contribution in [0.2, 0.25) is 0 Å². The molecule has 1 fully saturated rings. The molecule has 164 valence electrons. The summed E-state index contributed by atoms with van der Waals surface area (Å²) in [4.78, 5) is 44.4. The maximum atomic E-state index is 13.4. The lowest BCUT2D eigenvalue weighted by Gasteiger charge is -2.37. The second-order valence-corrected chi connectivity index (χ2v) is 8.00. The van der Waals surface area contributed by atoms with Crippen LogP contribution in [0.4, 0.5) is 14.6 Å². The molecule has 0 N–H and O–H groups in total. The van der Waals surface area contributed by atoms with Crippen molar-refractivity contribution in [3.05, 3.63) is 51.9 Å². The third-order valence-electron chi connectivity index (χ3n) is 5.53. The van der Waals surface area contributed by atoms with Crippen LogP contribution in [0.1, 0.15) is 19.4 Å². The number of hydrogen-bond donors (Lipinski definition) is 0. The predicted octanol–water partition coefficient (Wildman–Crippen LogP) is 1.36. The Hall–Kier alpha value is -3.30. The Morgan fingerprint density at radius 2 is 1.94 bits per heavy atom. The van der Waals surface area contributed by atoms with Crippen LogP contribution in [0.25, 0.3) is 0 Å². The molecule has 0 spiro atoms. The summed E-state index contributed by atoms with van der Waals surface area (Å²) in [5, 5.41) is 0. The monoisotopic (exact) mass is 432 g/mol. The van der Waals surface area contributed by atoms with Gasteiger partial charge in [-0.3, -0.25) is 14.2 Å². The molecule has 10 heteroatoms. The fourth-order valence-electron chi connectivity index (χ4n) is 3.85. The highest BCUT2D eigenvalue weighted by Gasteiger charge is 2.38. The van der Waals surface area contributed by atoms with Crippen molar-refractivity contribution in [3.63, 3.8) is 0 Å². The Balaban J connectivity index is 1.48. The zero-order valence-electron chi connectivity index (χ0n) is 17.2. The molecule has 1 atom stereocenters. The molecule has 0 saturated carbocycles. The number of piperazine rings is 1. The topological polar surface area (TPSA) is 84.7 Å². The highest BCUT2D eigenvalue weighted by Crippen LogP contribution is 2.29. The lowest BCUT2D eigenvalue weighted by atomic mass is 10.1. The van der Waals surface area contributed by atoms with Crippen LogP contribution in [0, 0.1) is 17.6 Å². The van der Waals surface area contributed by atoms with E-state index in [2.05, 4.69) is 4.98 Å². The van der Waals surface area contributed by atoms with Crippen LogP contribution >= 0.6 is 0 Å². The number of nitrogens with zero attached hydrogens (tertiary/aromatic N) is 4. The van der Waals surface area contributed by atoms with E-state index >= 15 is 0 Å². The van der Waals surface area contributed by atoms with Gasteiger partial charge in [-0.2, -0.15) is 4.98 Å². The molecule has 8 nitrogen and oxygen atoms in total. The van der Waals surface area contributed by atoms with Gasteiger partial charge in [-0.25, -0.2) is 13.6 Å². The summed E-state index contributed by atoms with van der Waals surface area (Å²) < 4.78 is 33.5. The predicted molar refractivity (Wildman–Crippen MR) is 107 cm³/mol. The van der Waals surface area contributed by atoms with Gasteiger partial charge in [-0.1, -0.05) is 19.9 Å². The van der Waals surface area contributed by atoms with Gasteiger partial charge in [0.15, 0.2) is 11.6 Å². The summed E-state index contributed by atoms with van der Waals surface area (Å²) in [6.07, 6.45) is 0. The lowest BCUT2D eigenvalue weighted by molar-refractivity contribution is -0.146. The van der Waals surface area contributed by atoms with E-state index in [0.717, 1.165) is 12.1 Å². The van der Waals surface area contributed by atoms with Crippen LogP contribution in [-0.4, -0.2) is 51.8 Å². The molecule has 2 aliphatic heterocycles. The molecule has 0 aliphatic carbocycles. The first-order valence-corrected chi connectivity index (χ1v) is 10.0. The minimum absolute atomic E-state index is 0.0733. The van der Waals surface area contributed by atoms with Gasteiger partial charge < -0.3 is 14.5 Å². The fourth-order valence-corrected chi connectivity index (χ4v) is 3.85. The van der Waals surface area contributed by atoms with Gasteiger partial charge in [0.2, 0.25) is 11.7 Å². The first-order valence-electron chi connectivity index (χ1n) is 10.0. The van der Waals surface area contributed by atoms with Crippen molar-refractivity contribution in [2.75, 3.05) is 24.5 Å². The molecule has 0 radical (unpaired) electrons. The largest absolute Gasteiger partial charge is 0.473 e. The number of ether oxygens (including phenoxy) is 1. The number of halogens is 2. The van der Waals surface area contributed by atoms with Gasteiger partial charge >= 0.3 is 5.69 Å². The Morgan fingerprint density at radius 3 is 2.65 bits per heavy atom. The number of ketones is 1. The number of carbonyl (C=O) groups excluding carboxylic acids is 2. The smallest absolute Gasteiger partial charge is 0.352 e. The molecule has 3 heterocycles. The number of hydrogen-bond acceptors (Lipinski definition) is 6. The molecule has 1 saturated heterocycles. The van der Waals surface area contributed by atoms with Gasteiger partial charge in [-0.05, 0) is 17.7 Å². The minimum Gasteiger partial charge on any atom is -0.473 e. The van der Waals surface area contributed by atoms with Crippen LogP contribution < -0.4 is 15.3 Å². The van der Waals surface area contributed by atoms with Crippen molar-refractivity contribution in [3.8, 4) is 5.88 Å². The molecule has 1 unspecified atom stereocenters. The maximum Gasteiger partial charge on any atom is 0.352 e. The highest BCUT2D eigenvalue weighted by molar-refractivity contribution is 6.36. The van der Waals surface area contributed by atoms with Gasteiger partial charge in [0.05, 0.1) is 12.6 Å². The average Bonchev–Trinajstić information content (AvgIpc) is 3.12. The summed E-state index contributed by atoms with van der Waals surface area (Å²) in [6.45, 7) is 4.83. The zero-order chi connectivity index (χ0) is 22.3. The van der Waals surface area contributed by atoms with E-state index < -0.39 is 29.0 Å². The van der Waals surface area contributed by atoms with Gasteiger partial charge in [0, 0.05) is 31.6 Å². The number of Topliss-reactive ketones (excluding diaryl/α,β-unsaturated/α-hetero) is 1. The van der Waals surface area contributed by atoms with E-state index in [4.69, 9.17) is 4.74 Å². The van der Waals surface area contributed by atoms with Crippen LogP contribution in [0.3, 0.4) is 0 Å². The Bertz CT molecular complexity index is 1100. The highest BCUT2D eigenvalue weighted by atomic mass is 19.2. The lowest BCUT2D eigenvalue weighted by Crippen LogP contribution is -2.55. The van der Waals surface area contributed by atoms with Crippen molar-refractivity contribution in [1.82, 2.24) is 14.5 Å². The number of amides is 1. The van der Waals surface area contributed by atoms with Crippen molar-refractivity contribution >= 4 is 17.5 Å². The summed E-state index contributed by atoms with van der Waals surface area (Å²) >= 11 is 0. The number of anilines is 1. The van der Waals surface area contributed by atoms with Gasteiger partial charge in [0.25, 0.3) is 5.91 Å². The third kappa shape index (κ3) is 4.01. The van der Waals surface area contributed by atoms with E-state index in [0.29, 0.717) is 37.6 Å². The molecule has 2 aliphatic rings. The molecule has 2 aromatic rings. The molecule has 1 aromatic heterocycles. The molecule has 4 rings (SSSR count). The number of carbonyl (C=O) groups is 2. The van der Waals surface area contributed by atoms with Crippen molar-refractivity contribution in [2.24, 2.45) is 5.92 Å². The van der Waals surface area contributed by atoms with E-state index in [9.17, 15) is 23.2 Å². The molecule has 1 aromatic carbocycles. The summed E-state index contributed by atoms with van der Waals surface area (Å²) in [5.41, 5.74) is -0.0931. The maximum absolute atomic E-state index is 13.4. The number of benzene rings is 1. The molecule has 0 bridgehead atoms. The van der Waals surface area contributed by atoms with Crippen molar-refractivity contribution in [1.29, 1.82) is 0 Å². The standard InChI is InChI=1S/C21H22F2N4O4/c1-12(2)19(28)20(29)25-5-6-26-14(9-25)10-27-18(26)8-17(24-21(27)30)31-11-13-3-4-15(22)16(23)7-13/h3-4,7-8,12,14H,5-6,9-11H2,1-2H3. The number of fused-ring (bicyclic) bond motifs is 3. The average molecular weight is 432 g/mol. The second-order valence-electron chi connectivity index (χ2n) is 8.00. The SMILES string of the molecule is CC(C)C(=O)C(=O)N1CCN2c3cc(OCc4ccc(F)c(F)c4)nc(=O)n3CC2C1. The van der Waals surface area contributed by atoms with Crippen molar-refractivity contribution < 1.29 is 23.1 Å². The summed E-state index contributed by atoms with van der Waals surface area (Å²) in [7, 11) is 0. The van der Waals surface area contributed by atoms with Gasteiger partial charge in [-0.15, -0.1) is 0 Å². The minimum atomic E-state index is -0.978. The van der Waals surface area contributed by atoms with E-state index in [1.807, 2.05) is 4.90 Å². The van der Waals surface area contributed by atoms with Gasteiger partial charge in [0.1, 0.15) is 12.4 Å². The van der Waals surface area contributed by atoms with E-state index in [1.54, 1.807) is 19.9 Å². The molecular formula is C21H22F2N4O4. The van der Waals surface area contributed by atoms with Crippen LogP contribution in [0.5, 0.6) is 5.88 Å². The first kappa shape index (κ1) is 21.0. The Morgan fingerprint density at radius 1 is 1.16 bits per heavy atom. The molecular weight excluding hydrogens is 410 g/mol. The second kappa shape index (κ2) is 8.09.